The van der Waals surface area contributed by atoms with E-state index in [0.717, 1.165) is 25.7 Å². The molecule has 1 saturated heterocycles. The molecule has 3 rings (SSSR count). The predicted octanol–water partition coefficient (Wildman–Crippen LogP) is 4.92. The molecular weight excluding hydrogens is 421 g/mol. The SMILES string of the molecule is O=C(OCc1c(Cl)cccc1Cl)c1ccc(S(=O)(=O)N2CCCCCC2)cc1. The Kier molecular flexibility index (Phi) is 6.99. The summed E-state index contributed by atoms with van der Waals surface area (Å²) in [7, 11) is -3.55. The van der Waals surface area contributed by atoms with E-state index in [2.05, 4.69) is 0 Å². The summed E-state index contributed by atoms with van der Waals surface area (Å²) in [5, 5.41) is 0.832. The number of esters is 1. The molecule has 0 atom stereocenters. The molecule has 0 aromatic heterocycles. The van der Waals surface area contributed by atoms with E-state index in [1.54, 1.807) is 18.2 Å². The third kappa shape index (κ3) is 4.87. The maximum Gasteiger partial charge on any atom is 0.338 e. The zero-order valence-electron chi connectivity index (χ0n) is 15.2. The Bertz CT molecular complexity index is 917. The third-order valence-corrected chi connectivity index (χ3v) is 7.32. The number of hydrogen-bond donors (Lipinski definition) is 0. The molecule has 0 amide bonds. The number of benzene rings is 2. The lowest BCUT2D eigenvalue weighted by Crippen LogP contribution is -2.31. The van der Waals surface area contributed by atoms with Crippen LogP contribution in [0.25, 0.3) is 0 Å². The molecule has 5 nitrogen and oxygen atoms in total. The van der Waals surface area contributed by atoms with Crippen LogP contribution in [0.4, 0.5) is 0 Å². The summed E-state index contributed by atoms with van der Waals surface area (Å²) in [6.07, 6.45) is 3.83. The van der Waals surface area contributed by atoms with Crippen molar-refractivity contribution < 1.29 is 17.9 Å². The molecule has 2 aromatic rings. The van der Waals surface area contributed by atoms with Crippen molar-refractivity contribution in [3.63, 3.8) is 0 Å². The van der Waals surface area contributed by atoms with Gasteiger partial charge >= 0.3 is 5.97 Å². The summed E-state index contributed by atoms with van der Waals surface area (Å²) in [6.45, 7) is 1.00. The van der Waals surface area contributed by atoms with Crippen LogP contribution in [0.15, 0.2) is 47.4 Å². The number of ether oxygens (including phenoxy) is 1. The monoisotopic (exact) mass is 441 g/mol. The quantitative estimate of drug-likeness (QED) is 0.617. The molecule has 28 heavy (non-hydrogen) atoms. The van der Waals surface area contributed by atoms with E-state index in [1.807, 2.05) is 0 Å². The summed E-state index contributed by atoms with van der Waals surface area (Å²) in [6, 6.07) is 10.8. The number of carbonyl (C=O) groups is 1. The highest BCUT2D eigenvalue weighted by Gasteiger charge is 2.25. The van der Waals surface area contributed by atoms with Crippen LogP contribution in [0.5, 0.6) is 0 Å². The van der Waals surface area contributed by atoms with E-state index in [-0.39, 0.29) is 17.1 Å². The minimum absolute atomic E-state index is 0.0643. The number of carbonyl (C=O) groups excluding carboxylic acids is 1. The minimum Gasteiger partial charge on any atom is -0.457 e. The first-order chi connectivity index (χ1) is 13.4. The van der Waals surface area contributed by atoms with Gasteiger partial charge in [-0.3, -0.25) is 0 Å². The molecule has 0 unspecified atom stereocenters. The van der Waals surface area contributed by atoms with Crippen molar-refractivity contribution in [1.82, 2.24) is 4.31 Å². The molecular formula is C20H21Cl2NO4S. The molecule has 150 valence electrons. The maximum atomic E-state index is 12.8. The first kappa shape index (κ1) is 21.1. The standard InChI is InChI=1S/C20H21Cl2NO4S/c21-18-6-5-7-19(22)17(18)14-27-20(24)15-8-10-16(11-9-15)28(25,26)23-12-3-1-2-4-13-23/h5-11H,1-4,12-14H2. The number of hydrogen-bond acceptors (Lipinski definition) is 4. The second-order valence-electron chi connectivity index (χ2n) is 6.62. The van der Waals surface area contributed by atoms with Gasteiger partial charge in [0.25, 0.3) is 0 Å². The van der Waals surface area contributed by atoms with E-state index < -0.39 is 16.0 Å². The third-order valence-electron chi connectivity index (χ3n) is 4.70. The van der Waals surface area contributed by atoms with Crippen molar-refractivity contribution in [1.29, 1.82) is 0 Å². The van der Waals surface area contributed by atoms with E-state index in [9.17, 15) is 13.2 Å². The molecule has 1 aliphatic rings. The van der Waals surface area contributed by atoms with Gasteiger partial charge in [-0.15, -0.1) is 0 Å². The maximum absolute atomic E-state index is 12.8. The van der Waals surface area contributed by atoms with Crippen LogP contribution in [0, 0.1) is 0 Å². The topological polar surface area (TPSA) is 63.7 Å². The van der Waals surface area contributed by atoms with Crippen molar-refractivity contribution in [2.45, 2.75) is 37.2 Å². The smallest absolute Gasteiger partial charge is 0.338 e. The molecule has 1 fully saturated rings. The lowest BCUT2D eigenvalue weighted by atomic mass is 10.2. The van der Waals surface area contributed by atoms with Crippen LogP contribution in [0.1, 0.15) is 41.6 Å². The van der Waals surface area contributed by atoms with Gasteiger partial charge < -0.3 is 4.74 Å². The fraction of sp³-hybridized carbons (Fsp3) is 0.350. The summed E-state index contributed by atoms with van der Waals surface area (Å²) in [5.41, 5.74) is 0.789. The Balaban J connectivity index is 1.68. The minimum atomic E-state index is -3.55. The van der Waals surface area contributed by atoms with Gasteiger partial charge in [-0.2, -0.15) is 4.31 Å². The zero-order chi connectivity index (χ0) is 20.1. The van der Waals surface area contributed by atoms with Crippen molar-refractivity contribution in [3.05, 3.63) is 63.6 Å². The Morgan fingerprint density at radius 3 is 2.07 bits per heavy atom. The van der Waals surface area contributed by atoms with Gasteiger partial charge in [0, 0.05) is 28.7 Å². The largest absolute Gasteiger partial charge is 0.457 e. The Hall–Kier alpha value is -1.60. The molecule has 0 bridgehead atoms. The number of sulfonamides is 1. The van der Waals surface area contributed by atoms with Crippen molar-refractivity contribution in [3.8, 4) is 0 Å². The summed E-state index contributed by atoms with van der Waals surface area (Å²) >= 11 is 12.1. The highest BCUT2D eigenvalue weighted by molar-refractivity contribution is 7.89. The Labute approximate surface area is 175 Å². The lowest BCUT2D eigenvalue weighted by molar-refractivity contribution is 0.0473. The summed E-state index contributed by atoms with van der Waals surface area (Å²) < 4.78 is 32.4. The van der Waals surface area contributed by atoms with E-state index in [1.165, 1.54) is 28.6 Å². The molecule has 0 N–H and O–H groups in total. The first-order valence-electron chi connectivity index (χ1n) is 9.10. The van der Waals surface area contributed by atoms with Crippen LogP contribution in [-0.4, -0.2) is 31.8 Å². The highest BCUT2D eigenvalue weighted by Crippen LogP contribution is 2.25. The van der Waals surface area contributed by atoms with Gasteiger partial charge in [-0.1, -0.05) is 42.1 Å². The van der Waals surface area contributed by atoms with Crippen LogP contribution in [0.3, 0.4) is 0 Å². The van der Waals surface area contributed by atoms with Crippen molar-refractivity contribution >= 4 is 39.2 Å². The number of rotatable bonds is 5. The summed E-state index contributed by atoms with van der Waals surface area (Å²) in [4.78, 5) is 12.5. The average Bonchev–Trinajstić information content (AvgIpc) is 2.97. The second kappa shape index (κ2) is 9.27. The van der Waals surface area contributed by atoms with Crippen LogP contribution < -0.4 is 0 Å². The van der Waals surface area contributed by atoms with Crippen molar-refractivity contribution in [2.24, 2.45) is 0 Å². The molecule has 0 aliphatic carbocycles. The van der Waals surface area contributed by atoms with Crippen LogP contribution in [-0.2, 0) is 21.4 Å². The Morgan fingerprint density at radius 1 is 0.929 bits per heavy atom. The van der Waals surface area contributed by atoms with Crippen molar-refractivity contribution in [2.75, 3.05) is 13.1 Å². The molecule has 8 heteroatoms. The fourth-order valence-corrected chi connectivity index (χ4v) is 5.11. The van der Waals surface area contributed by atoms with Gasteiger partial charge in [-0.05, 0) is 49.2 Å². The number of halogens is 2. The predicted molar refractivity (Wildman–Crippen MR) is 109 cm³/mol. The highest BCUT2D eigenvalue weighted by atomic mass is 35.5. The normalized spacial score (nSPS) is 15.8. The van der Waals surface area contributed by atoms with E-state index in [4.69, 9.17) is 27.9 Å². The summed E-state index contributed by atoms with van der Waals surface area (Å²) in [5.74, 6) is -0.574. The average molecular weight is 442 g/mol. The van der Waals surface area contributed by atoms with Gasteiger partial charge in [0.1, 0.15) is 6.61 Å². The van der Waals surface area contributed by atoms with E-state index in [0.29, 0.717) is 28.7 Å². The number of nitrogens with zero attached hydrogens (tertiary/aromatic N) is 1. The van der Waals surface area contributed by atoms with Crippen LogP contribution >= 0.6 is 23.2 Å². The molecule has 0 radical (unpaired) electrons. The van der Waals surface area contributed by atoms with Gasteiger partial charge in [0.05, 0.1) is 10.5 Å². The van der Waals surface area contributed by atoms with Gasteiger partial charge in [0.15, 0.2) is 0 Å². The van der Waals surface area contributed by atoms with Gasteiger partial charge in [-0.25, -0.2) is 13.2 Å². The molecule has 0 saturated carbocycles. The zero-order valence-corrected chi connectivity index (χ0v) is 17.6. The van der Waals surface area contributed by atoms with Crippen LogP contribution in [0.2, 0.25) is 10.0 Å². The second-order valence-corrected chi connectivity index (χ2v) is 9.37. The fourth-order valence-electron chi connectivity index (χ4n) is 3.09. The molecule has 1 aliphatic heterocycles. The van der Waals surface area contributed by atoms with E-state index >= 15 is 0 Å². The molecule has 2 aromatic carbocycles. The molecule has 0 spiro atoms. The lowest BCUT2D eigenvalue weighted by Gasteiger charge is -2.20. The first-order valence-corrected chi connectivity index (χ1v) is 11.3. The Morgan fingerprint density at radius 2 is 1.50 bits per heavy atom. The van der Waals surface area contributed by atoms with Gasteiger partial charge in [0.2, 0.25) is 10.0 Å². The molecule has 1 heterocycles.